The molecule has 0 aliphatic heterocycles. The van der Waals surface area contributed by atoms with E-state index in [0.29, 0.717) is 40.7 Å². The lowest BCUT2D eigenvalue weighted by Gasteiger charge is -2.30. The summed E-state index contributed by atoms with van der Waals surface area (Å²) in [4.78, 5) is 24.9. The SMILES string of the molecule is O=C1C[C@H]2[C@@H]3[C@H]4[C@@H](C(=O)[C@H]3Br)[C@H]1[C@@H]2C41CCCC1. The van der Waals surface area contributed by atoms with Crippen molar-refractivity contribution in [2.75, 3.05) is 0 Å². The molecule has 0 aromatic rings. The van der Waals surface area contributed by atoms with E-state index in [4.69, 9.17) is 0 Å². The molecule has 5 aliphatic rings. The Labute approximate surface area is 115 Å². The van der Waals surface area contributed by atoms with Crippen LogP contribution in [-0.4, -0.2) is 16.4 Å². The normalized spacial score (nSPS) is 58.4. The van der Waals surface area contributed by atoms with Gasteiger partial charge in [-0.3, -0.25) is 9.59 Å². The zero-order chi connectivity index (χ0) is 12.2. The van der Waals surface area contributed by atoms with E-state index < -0.39 is 0 Å². The number of hydrogen-bond donors (Lipinski definition) is 0. The number of halogens is 1. The van der Waals surface area contributed by atoms with Crippen LogP contribution in [0.25, 0.3) is 0 Å². The average Bonchev–Trinajstić information content (AvgIpc) is 3.07. The van der Waals surface area contributed by atoms with E-state index in [9.17, 15) is 9.59 Å². The Hall–Kier alpha value is -0.180. The topological polar surface area (TPSA) is 34.1 Å². The smallest absolute Gasteiger partial charge is 0.150 e. The first-order valence-electron chi connectivity index (χ1n) is 7.37. The van der Waals surface area contributed by atoms with E-state index in [-0.39, 0.29) is 16.7 Å². The molecule has 0 N–H and O–H groups in total. The number of alkyl halides is 1. The largest absolute Gasteiger partial charge is 0.299 e. The number of carbonyl (C=O) groups excluding carboxylic acids is 2. The number of Topliss-reactive ketones (excluding diaryl/α,β-unsaturated/α-hetero) is 2. The zero-order valence-corrected chi connectivity index (χ0v) is 11.9. The van der Waals surface area contributed by atoms with Gasteiger partial charge in [0.25, 0.3) is 0 Å². The van der Waals surface area contributed by atoms with E-state index in [2.05, 4.69) is 15.9 Å². The summed E-state index contributed by atoms with van der Waals surface area (Å²) in [6.07, 6.45) is 6.01. The van der Waals surface area contributed by atoms with Gasteiger partial charge in [-0.15, -0.1) is 0 Å². The van der Waals surface area contributed by atoms with Crippen LogP contribution in [-0.2, 0) is 9.59 Å². The van der Waals surface area contributed by atoms with Crippen molar-refractivity contribution in [3.05, 3.63) is 0 Å². The third-order valence-corrected chi connectivity index (χ3v) is 8.20. The van der Waals surface area contributed by atoms with Gasteiger partial charge in [-0.25, -0.2) is 0 Å². The van der Waals surface area contributed by atoms with Gasteiger partial charge < -0.3 is 0 Å². The second kappa shape index (κ2) is 2.94. The zero-order valence-electron chi connectivity index (χ0n) is 10.3. The minimum Gasteiger partial charge on any atom is -0.299 e. The predicted octanol–water partition coefficient (Wildman–Crippen LogP) is 2.59. The van der Waals surface area contributed by atoms with Crippen LogP contribution in [0.1, 0.15) is 32.1 Å². The summed E-state index contributed by atoms with van der Waals surface area (Å²) in [5, 5.41) is 0. The van der Waals surface area contributed by atoms with Crippen LogP contribution in [0.5, 0.6) is 0 Å². The van der Waals surface area contributed by atoms with Crippen LogP contribution >= 0.6 is 15.9 Å². The second-order valence-corrected chi connectivity index (χ2v) is 8.25. The van der Waals surface area contributed by atoms with E-state index in [1.807, 2.05) is 0 Å². The molecule has 5 saturated carbocycles. The summed E-state index contributed by atoms with van der Waals surface area (Å²) in [6.45, 7) is 0. The Morgan fingerprint density at radius 3 is 2.50 bits per heavy atom. The predicted molar refractivity (Wildman–Crippen MR) is 69.2 cm³/mol. The van der Waals surface area contributed by atoms with Gasteiger partial charge in [-0.1, -0.05) is 28.8 Å². The molecule has 3 heteroatoms. The molecule has 0 saturated heterocycles. The summed E-state index contributed by atoms with van der Waals surface area (Å²) >= 11 is 3.67. The van der Waals surface area contributed by atoms with Gasteiger partial charge in [0.05, 0.1) is 4.83 Å². The van der Waals surface area contributed by atoms with Gasteiger partial charge in [0.2, 0.25) is 0 Å². The first kappa shape index (κ1) is 10.6. The van der Waals surface area contributed by atoms with E-state index in [1.54, 1.807) is 0 Å². The number of rotatable bonds is 0. The Morgan fingerprint density at radius 1 is 1.06 bits per heavy atom. The fourth-order valence-electron chi connectivity index (χ4n) is 7.06. The Balaban J connectivity index is 1.76. The molecule has 0 unspecified atom stereocenters. The monoisotopic (exact) mass is 308 g/mol. The van der Waals surface area contributed by atoms with Crippen LogP contribution in [0.4, 0.5) is 0 Å². The van der Waals surface area contributed by atoms with Gasteiger partial charge in [0, 0.05) is 18.3 Å². The molecule has 1 spiro atoms. The van der Waals surface area contributed by atoms with Crippen molar-refractivity contribution >= 4 is 27.5 Å². The highest BCUT2D eigenvalue weighted by Crippen LogP contribution is 2.79. The molecule has 7 atom stereocenters. The molecule has 5 rings (SSSR count). The third kappa shape index (κ3) is 0.827. The fourth-order valence-corrected chi connectivity index (χ4v) is 8.09. The highest BCUT2D eigenvalue weighted by atomic mass is 79.9. The standard InChI is InChI=1S/C15H17BrO2/c16-13-8-6-5-7(17)9-10(14(13)18)12(8)15(11(6)9)3-1-2-4-15/h6,8-13H,1-5H2/t6-,8+,9-,10-,11+,12-,13-/m0/s1. The summed E-state index contributed by atoms with van der Waals surface area (Å²) in [5.41, 5.74) is 0.398. The molecule has 0 aromatic carbocycles. The van der Waals surface area contributed by atoms with Gasteiger partial charge >= 0.3 is 0 Å². The van der Waals surface area contributed by atoms with Crippen molar-refractivity contribution in [1.29, 1.82) is 0 Å². The van der Waals surface area contributed by atoms with Crippen molar-refractivity contribution in [2.45, 2.75) is 36.9 Å². The lowest BCUT2D eigenvalue weighted by atomic mass is 9.74. The van der Waals surface area contributed by atoms with E-state index in [1.165, 1.54) is 25.7 Å². The average molecular weight is 309 g/mol. The van der Waals surface area contributed by atoms with Crippen LogP contribution < -0.4 is 0 Å². The molecule has 2 nitrogen and oxygen atoms in total. The first-order chi connectivity index (χ1) is 8.67. The van der Waals surface area contributed by atoms with Crippen molar-refractivity contribution < 1.29 is 9.59 Å². The molecular formula is C15H17BrO2. The molecule has 96 valence electrons. The minimum atomic E-state index is 0.0677. The van der Waals surface area contributed by atoms with E-state index >= 15 is 0 Å². The molecule has 0 heterocycles. The van der Waals surface area contributed by atoms with Crippen LogP contribution in [0.3, 0.4) is 0 Å². The third-order valence-electron chi connectivity index (χ3n) is 7.14. The number of hydrogen-bond acceptors (Lipinski definition) is 2. The van der Waals surface area contributed by atoms with Gasteiger partial charge in [-0.2, -0.15) is 0 Å². The van der Waals surface area contributed by atoms with E-state index in [0.717, 1.165) is 6.42 Å². The molecule has 0 amide bonds. The summed E-state index contributed by atoms with van der Waals surface area (Å²) in [5.74, 6) is 3.21. The van der Waals surface area contributed by atoms with Crippen molar-refractivity contribution in [1.82, 2.24) is 0 Å². The Morgan fingerprint density at radius 2 is 1.78 bits per heavy atom. The lowest BCUT2D eigenvalue weighted by molar-refractivity contribution is -0.129. The highest BCUT2D eigenvalue weighted by Gasteiger charge is 2.80. The minimum absolute atomic E-state index is 0.0677. The second-order valence-electron chi connectivity index (χ2n) is 7.26. The molecule has 18 heavy (non-hydrogen) atoms. The number of carbonyl (C=O) groups is 2. The maximum Gasteiger partial charge on any atom is 0.150 e. The van der Waals surface area contributed by atoms with Crippen molar-refractivity contribution in [3.8, 4) is 0 Å². The Bertz CT molecular complexity index is 479. The fraction of sp³-hybridized carbons (Fsp3) is 0.867. The molecule has 5 fully saturated rings. The Kier molecular flexibility index (Phi) is 1.73. The summed E-state index contributed by atoms with van der Waals surface area (Å²) in [6, 6.07) is 0. The maximum absolute atomic E-state index is 12.5. The van der Waals surface area contributed by atoms with Crippen LogP contribution in [0.15, 0.2) is 0 Å². The number of fused-ring (bicyclic) bond motifs is 2. The van der Waals surface area contributed by atoms with Gasteiger partial charge in [0.15, 0.2) is 5.78 Å². The lowest BCUT2D eigenvalue weighted by Crippen LogP contribution is -2.26. The number of ketones is 2. The molecule has 2 bridgehead atoms. The van der Waals surface area contributed by atoms with Gasteiger partial charge in [0.1, 0.15) is 5.78 Å². The van der Waals surface area contributed by atoms with Crippen LogP contribution in [0, 0.1) is 40.9 Å². The highest BCUT2D eigenvalue weighted by molar-refractivity contribution is 9.10. The quantitative estimate of drug-likeness (QED) is 0.645. The molecule has 0 aromatic heterocycles. The maximum atomic E-state index is 12.5. The summed E-state index contributed by atoms with van der Waals surface area (Å²) < 4.78 is 0. The molecular weight excluding hydrogens is 292 g/mol. The molecule has 0 radical (unpaired) electrons. The van der Waals surface area contributed by atoms with Crippen molar-refractivity contribution in [3.63, 3.8) is 0 Å². The van der Waals surface area contributed by atoms with Crippen molar-refractivity contribution in [2.24, 2.45) is 40.9 Å². The van der Waals surface area contributed by atoms with Gasteiger partial charge in [-0.05, 0) is 41.9 Å². The summed E-state index contributed by atoms with van der Waals surface area (Å²) in [7, 11) is 0. The van der Waals surface area contributed by atoms with Crippen LogP contribution in [0.2, 0.25) is 0 Å². The molecule has 5 aliphatic carbocycles. The first-order valence-corrected chi connectivity index (χ1v) is 8.29.